The van der Waals surface area contributed by atoms with Gasteiger partial charge in [-0.3, -0.25) is 9.10 Å². The molecule has 1 unspecified atom stereocenters. The molecular formula is C24H26N2O4S. The Labute approximate surface area is 183 Å². The van der Waals surface area contributed by atoms with Crippen LogP contribution in [0.15, 0.2) is 78.9 Å². The van der Waals surface area contributed by atoms with E-state index < -0.39 is 16.1 Å². The molecule has 0 aliphatic rings. The summed E-state index contributed by atoms with van der Waals surface area (Å²) in [7, 11) is -3.69. The first-order chi connectivity index (χ1) is 14.7. The Balaban J connectivity index is 1.74. The lowest BCUT2D eigenvalue weighted by Gasteiger charge is -2.28. The van der Waals surface area contributed by atoms with Crippen molar-refractivity contribution in [3.8, 4) is 11.5 Å². The number of carbonyl (C=O) groups excluding carboxylic acids is 1. The summed E-state index contributed by atoms with van der Waals surface area (Å²) >= 11 is 0. The molecule has 3 aromatic carbocycles. The van der Waals surface area contributed by atoms with Crippen LogP contribution in [-0.4, -0.2) is 26.6 Å². The highest BCUT2D eigenvalue weighted by atomic mass is 32.2. The Bertz CT molecular complexity index is 1130. The topological polar surface area (TPSA) is 75.7 Å². The van der Waals surface area contributed by atoms with E-state index in [4.69, 9.17) is 4.74 Å². The molecule has 0 saturated carbocycles. The monoisotopic (exact) mass is 438 g/mol. The summed E-state index contributed by atoms with van der Waals surface area (Å²) in [5.74, 6) is 0.871. The minimum absolute atomic E-state index is 0.326. The average Bonchev–Trinajstić information content (AvgIpc) is 2.73. The second-order valence-electron chi connectivity index (χ2n) is 7.35. The van der Waals surface area contributed by atoms with E-state index in [1.807, 2.05) is 61.5 Å². The number of hydrogen-bond acceptors (Lipinski definition) is 4. The first kappa shape index (κ1) is 22.4. The molecule has 1 atom stereocenters. The summed E-state index contributed by atoms with van der Waals surface area (Å²) in [6.07, 6.45) is 1.09. The number of carbonyl (C=O) groups is 1. The van der Waals surface area contributed by atoms with Gasteiger partial charge in [0.15, 0.2) is 0 Å². The molecule has 0 aliphatic heterocycles. The lowest BCUT2D eigenvalue weighted by atomic mass is 10.1. The molecule has 0 aliphatic carbocycles. The van der Waals surface area contributed by atoms with Gasteiger partial charge in [-0.05, 0) is 55.8 Å². The summed E-state index contributed by atoms with van der Waals surface area (Å²) in [6, 6.07) is 22.8. The third kappa shape index (κ3) is 6.08. The van der Waals surface area contributed by atoms with Gasteiger partial charge in [0.1, 0.15) is 17.5 Å². The fourth-order valence-electron chi connectivity index (χ4n) is 3.25. The number of nitrogens with one attached hydrogen (secondary N) is 1. The fraction of sp³-hybridized carbons (Fsp3) is 0.208. The van der Waals surface area contributed by atoms with Gasteiger partial charge in [0, 0.05) is 6.54 Å². The molecule has 31 heavy (non-hydrogen) atoms. The van der Waals surface area contributed by atoms with Crippen LogP contribution in [0.5, 0.6) is 11.5 Å². The van der Waals surface area contributed by atoms with E-state index in [0.29, 0.717) is 23.7 Å². The van der Waals surface area contributed by atoms with Gasteiger partial charge in [-0.1, -0.05) is 48.0 Å². The molecule has 1 N–H and O–H groups in total. The average molecular weight is 439 g/mol. The van der Waals surface area contributed by atoms with Crippen LogP contribution in [-0.2, 0) is 21.4 Å². The maximum atomic E-state index is 12.7. The van der Waals surface area contributed by atoms with Gasteiger partial charge in [0.05, 0.1) is 11.9 Å². The second-order valence-corrected chi connectivity index (χ2v) is 9.21. The number of nitrogens with zero attached hydrogens (tertiary/aromatic N) is 1. The van der Waals surface area contributed by atoms with Crippen LogP contribution in [0.3, 0.4) is 0 Å². The predicted molar refractivity (Wildman–Crippen MR) is 123 cm³/mol. The summed E-state index contributed by atoms with van der Waals surface area (Å²) in [4.78, 5) is 12.7. The van der Waals surface area contributed by atoms with Crippen molar-refractivity contribution in [2.45, 2.75) is 26.4 Å². The number of anilines is 1. The molecule has 0 radical (unpaired) electrons. The van der Waals surface area contributed by atoms with Crippen molar-refractivity contribution < 1.29 is 17.9 Å². The number of amides is 1. The van der Waals surface area contributed by atoms with E-state index in [-0.39, 0.29) is 5.91 Å². The summed E-state index contributed by atoms with van der Waals surface area (Å²) in [5.41, 5.74) is 2.44. The number of aryl methyl sites for hydroxylation is 1. The minimum atomic E-state index is -3.69. The zero-order valence-corrected chi connectivity index (χ0v) is 18.6. The van der Waals surface area contributed by atoms with Crippen molar-refractivity contribution in [3.05, 3.63) is 90.0 Å². The summed E-state index contributed by atoms with van der Waals surface area (Å²) in [6.45, 7) is 3.87. The molecule has 0 bridgehead atoms. The third-order valence-electron chi connectivity index (χ3n) is 4.71. The van der Waals surface area contributed by atoms with Crippen molar-refractivity contribution in [3.63, 3.8) is 0 Å². The Morgan fingerprint density at radius 3 is 2.23 bits per heavy atom. The Morgan fingerprint density at radius 2 is 1.61 bits per heavy atom. The van der Waals surface area contributed by atoms with Crippen molar-refractivity contribution in [1.29, 1.82) is 0 Å². The van der Waals surface area contributed by atoms with E-state index in [9.17, 15) is 13.2 Å². The highest BCUT2D eigenvalue weighted by molar-refractivity contribution is 7.92. The molecule has 0 fully saturated rings. The number of para-hydroxylation sites is 1. The molecule has 3 aromatic rings. The lowest BCUT2D eigenvalue weighted by Crippen LogP contribution is -2.47. The molecule has 0 saturated heterocycles. The largest absolute Gasteiger partial charge is 0.457 e. The molecule has 6 nitrogen and oxygen atoms in total. The van der Waals surface area contributed by atoms with Gasteiger partial charge in [-0.15, -0.1) is 0 Å². The van der Waals surface area contributed by atoms with E-state index >= 15 is 0 Å². The Kier molecular flexibility index (Phi) is 6.97. The van der Waals surface area contributed by atoms with Gasteiger partial charge in [-0.25, -0.2) is 8.42 Å². The van der Waals surface area contributed by atoms with E-state index in [1.165, 1.54) is 0 Å². The van der Waals surface area contributed by atoms with Crippen LogP contribution in [0.1, 0.15) is 18.1 Å². The number of rotatable bonds is 8. The van der Waals surface area contributed by atoms with Crippen molar-refractivity contribution in [2.24, 2.45) is 0 Å². The maximum absolute atomic E-state index is 12.7. The maximum Gasteiger partial charge on any atom is 0.243 e. The van der Waals surface area contributed by atoms with Crippen molar-refractivity contribution in [1.82, 2.24) is 5.32 Å². The first-order valence-electron chi connectivity index (χ1n) is 9.89. The van der Waals surface area contributed by atoms with E-state index in [2.05, 4.69) is 5.32 Å². The van der Waals surface area contributed by atoms with E-state index in [1.54, 1.807) is 31.2 Å². The molecule has 0 spiro atoms. The highest BCUT2D eigenvalue weighted by Gasteiger charge is 2.29. The lowest BCUT2D eigenvalue weighted by molar-refractivity contribution is -0.122. The van der Waals surface area contributed by atoms with Crippen LogP contribution < -0.4 is 14.4 Å². The first-order valence-corrected chi connectivity index (χ1v) is 11.7. The Morgan fingerprint density at radius 1 is 0.968 bits per heavy atom. The molecule has 162 valence electrons. The highest BCUT2D eigenvalue weighted by Crippen LogP contribution is 2.27. The molecule has 3 rings (SSSR count). The zero-order chi connectivity index (χ0) is 22.4. The molecule has 7 heteroatoms. The van der Waals surface area contributed by atoms with Crippen molar-refractivity contribution >= 4 is 21.6 Å². The summed E-state index contributed by atoms with van der Waals surface area (Å²) < 4.78 is 31.8. The Hall–Kier alpha value is -3.32. The standard InChI is InChI=1S/C24H26N2O4S/c1-18-8-7-9-20(16-18)17-25-24(27)19(2)26(31(3,28)29)21-12-14-23(15-13-21)30-22-10-5-4-6-11-22/h4-16,19H,17H2,1-3H3,(H,25,27). The van der Waals surface area contributed by atoms with Gasteiger partial charge in [0.2, 0.25) is 15.9 Å². The zero-order valence-electron chi connectivity index (χ0n) is 17.8. The number of hydrogen-bond donors (Lipinski definition) is 1. The molecule has 0 heterocycles. The number of sulfonamides is 1. The molecule has 1 amide bonds. The van der Waals surface area contributed by atoms with Crippen LogP contribution in [0.4, 0.5) is 5.69 Å². The van der Waals surface area contributed by atoms with Crippen LogP contribution >= 0.6 is 0 Å². The minimum Gasteiger partial charge on any atom is -0.457 e. The SMILES string of the molecule is Cc1cccc(CNC(=O)C(C)N(c2ccc(Oc3ccccc3)cc2)S(C)(=O)=O)c1. The number of benzene rings is 3. The quantitative estimate of drug-likeness (QED) is 0.570. The smallest absolute Gasteiger partial charge is 0.243 e. The van der Waals surface area contributed by atoms with E-state index in [0.717, 1.165) is 21.7 Å². The van der Waals surface area contributed by atoms with Crippen LogP contribution in [0.25, 0.3) is 0 Å². The normalized spacial score (nSPS) is 12.1. The number of ether oxygens (including phenoxy) is 1. The van der Waals surface area contributed by atoms with Gasteiger partial charge >= 0.3 is 0 Å². The second kappa shape index (κ2) is 9.66. The van der Waals surface area contributed by atoms with Gasteiger partial charge in [-0.2, -0.15) is 0 Å². The van der Waals surface area contributed by atoms with Crippen LogP contribution in [0, 0.1) is 6.92 Å². The van der Waals surface area contributed by atoms with Gasteiger partial charge in [0.25, 0.3) is 0 Å². The summed E-state index contributed by atoms with van der Waals surface area (Å²) in [5, 5.41) is 2.82. The van der Waals surface area contributed by atoms with Crippen LogP contribution in [0.2, 0.25) is 0 Å². The fourth-order valence-corrected chi connectivity index (χ4v) is 4.43. The molecule has 0 aromatic heterocycles. The van der Waals surface area contributed by atoms with Crippen molar-refractivity contribution in [2.75, 3.05) is 10.6 Å². The molecular weight excluding hydrogens is 412 g/mol. The predicted octanol–water partition coefficient (Wildman–Crippen LogP) is 4.26. The third-order valence-corrected chi connectivity index (χ3v) is 5.95. The van der Waals surface area contributed by atoms with Gasteiger partial charge < -0.3 is 10.1 Å².